The third kappa shape index (κ3) is 8.19. The molecule has 0 atom stereocenters. The number of carbonyl (C=O) groups is 3. The number of nitrogens with one attached hydrogen (secondary N) is 1. The van der Waals surface area contributed by atoms with Crippen LogP contribution in [-0.4, -0.2) is 59.5 Å². The van der Waals surface area contributed by atoms with Crippen molar-refractivity contribution in [2.45, 2.75) is 26.8 Å². The summed E-state index contributed by atoms with van der Waals surface area (Å²) in [4.78, 5) is 37.9. The Bertz CT molecular complexity index is 575. The fraction of sp³-hybridized carbons (Fsp3) is 0.500. The molecule has 1 rings (SSSR count). The van der Waals surface area contributed by atoms with Gasteiger partial charge in [-0.25, -0.2) is 4.79 Å². The number of amides is 3. The Labute approximate surface area is 148 Å². The van der Waals surface area contributed by atoms with Crippen LogP contribution in [-0.2, 0) is 16.1 Å². The molecule has 0 unspecified atom stereocenters. The Morgan fingerprint density at radius 2 is 1.80 bits per heavy atom. The second kappa shape index (κ2) is 10.3. The first-order chi connectivity index (χ1) is 11.8. The molecular weight excluding hydrogens is 322 g/mol. The molecule has 25 heavy (non-hydrogen) atoms. The predicted octanol–water partition coefficient (Wildman–Crippen LogP) is 1.79. The second-order valence-corrected chi connectivity index (χ2v) is 6.39. The van der Waals surface area contributed by atoms with Crippen molar-refractivity contribution in [3.8, 4) is 0 Å². The minimum Gasteiger partial charge on any atom is -0.480 e. The Balaban J connectivity index is 2.41. The topological polar surface area (TPSA) is 90.0 Å². The maximum Gasteiger partial charge on any atom is 0.323 e. The largest absolute Gasteiger partial charge is 0.480 e. The molecule has 0 saturated heterocycles. The van der Waals surface area contributed by atoms with Crippen LogP contribution in [0.2, 0.25) is 0 Å². The molecule has 0 aliphatic heterocycles. The van der Waals surface area contributed by atoms with E-state index < -0.39 is 5.97 Å². The highest BCUT2D eigenvalue weighted by Crippen LogP contribution is 2.03. The van der Waals surface area contributed by atoms with Crippen LogP contribution in [0.4, 0.5) is 4.79 Å². The van der Waals surface area contributed by atoms with E-state index in [2.05, 4.69) is 5.32 Å². The summed E-state index contributed by atoms with van der Waals surface area (Å²) in [5.41, 5.74) is 1.01. The van der Waals surface area contributed by atoms with Crippen molar-refractivity contribution in [2.75, 3.05) is 26.7 Å². The van der Waals surface area contributed by atoms with E-state index in [4.69, 9.17) is 5.11 Å². The number of urea groups is 1. The van der Waals surface area contributed by atoms with Crippen molar-refractivity contribution in [1.82, 2.24) is 15.1 Å². The van der Waals surface area contributed by atoms with E-state index in [0.717, 1.165) is 5.56 Å². The van der Waals surface area contributed by atoms with Crippen LogP contribution in [0.3, 0.4) is 0 Å². The van der Waals surface area contributed by atoms with Crippen LogP contribution in [0.1, 0.15) is 25.8 Å². The number of hydrogen-bond acceptors (Lipinski definition) is 3. The number of benzene rings is 1. The molecule has 3 amide bonds. The highest BCUT2D eigenvalue weighted by Gasteiger charge is 2.18. The molecule has 138 valence electrons. The summed E-state index contributed by atoms with van der Waals surface area (Å²) < 4.78 is 0. The number of carboxylic acids is 1. The van der Waals surface area contributed by atoms with Gasteiger partial charge in [0.1, 0.15) is 6.54 Å². The van der Waals surface area contributed by atoms with E-state index in [1.165, 1.54) is 9.80 Å². The molecule has 0 spiro atoms. The first kappa shape index (κ1) is 20.5. The van der Waals surface area contributed by atoms with Gasteiger partial charge in [-0.2, -0.15) is 0 Å². The van der Waals surface area contributed by atoms with Gasteiger partial charge < -0.3 is 20.2 Å². The van der Waals surface area contributed by atoms with Gasteiger partial charge in [0, 0.05) is 33.1 Å². The SMILES string of the molecule is CC(C)CN(CC(=O)O)C(=O)CCNC(=O)N(C)Cc1ccccc1. The first-order valence-corrected chi connectivity index (χ1v) is 8.32. The van der Waals surface area contributed by atoms with Crippen LogP contribution in [0.15, 0.2) is 30.3 Å². The molecule has 0 saturated carbocycles. The molecule has 0 fully saturated rings. The van der Waals surface area contributed by atoms with Gasteiger partial charge in [0.15, 0.2) is 0 Å². The lowest BCUT2D eigenvalue weighted by atomic mass is 10.2. The quantitative estimate of drug-likeness (QED) is 0.711. The lowest BCUT2D eigenvalue weighted by molar-refractivity contribution is -0.144. The zero-order valence-electron chi connectivity index (χ0n) is 15.1. The van der Waals surface area contributed by atoms with Gasteiger partial charge in [-0.3, -0.25) is 9.59 Å². The summed E-state index contributed by atoms with van der Waals surface area (Å²) in [5.74, 6) is -1.14. The van der Waals surface area contributed by atoms with Crippen molar-refractivity contribution in [3.05, 3.63) is 35.9 Å². The van der Waals surface area contributed by atoms with Crippen LogP contribution in [0, 0.1) is 5.92 Å². The van der Waals surface area contributed by atoms with Crippen molar-refractivity contribution >= 4 is 17.9 Å². The summed E-state index contributed by atoms with van der Waals surface area (Å²) in [7, 11) is 1.68. The fourth-order valence-electron chi connectivity index (χ4n) is 2.36. The highest BCUT2D eigenvalue weighted by atomic mass is 16.4. The lowest BCUT2D eigenvalue weighted by Gasteiger charge is -2.23. The van der Waals surface area contributed by atoms with Gasteiger partial charge in [0.2, 0.25) is 5.91 Å². The van der Waals surface area contributed by atoms with E-state index in [1.54, 1.807) is 7.05 Å². The third-order valence-corrected chi connectivity index (χ3v) is 3.49. The lowest BCUT2D eigenvalue weighted by Crippen LogP contribution is -2.41. The van der Waals surface area contributed by atoms with Crippen LogP contribution < -0.4 is 5.32 Å². The minimum atomic E-state index is -1.04. The number of carbonyl (C=O) groups excluding carboxylic acids is 2. The molecule has 1 aromatic rings. The average molecular weight is 349 g/mol. The number of carboxylic acid groups (broad SMARTS) is 1. The van der Waals surface area contributed by atoms with Gasteiger partial charge in [-0.15, -0.1) is 0 Å². The molecule has 0 heterocycles. The summed E-state index contributed by atoms with van der Waals surface area (Å²) in [5, 5.41) is 11.6. The summed E-state index contributed by atoms with van der Waals surface area (Å²) in [6.45, 7) is 4.54. The Morgan fingerprint density at radius 3 is 2.36 bits per heavy atom. The van der Waals surface area contributed by atoms with Gasteiger partial charge in [-0.1, -0.05) is 44.2 Å². The molecule has 7 nitrogen and oxygen atoms in total. The zero-order chi connectivity index (χ0) is 18.8. The standard InChI is InChI=1S/C18H27N3O4/c1-14(2)11-21(13-17(23)24)16(22)9-10-19-18(25)20(3)12-15-7-5-4-6-8-15/h4-8,14H,9-13H2,1-3H3,(H,19,25)(H,23,24). The molecule has 2 N–H and O–H groups in total. The maximum absolute atomic E-state index is 12.2. The predicted molar refractivity (Wildman–Crippen MR) is 95.0 cm³/mol. The summed E-state index contributed by atoms with van der Waals surface area (Å²) in [6, 6.07) is 9.32. The molecule has 0 radical (unpaired) electrons. The number of hydrogen-bond donors (Lipinski definition) is 2. The minimum absolute atomic E-state index is 0.0743. The third-order valence-electron chi connectivity index (χ3n) is 3.49. The van der Waals surface area contributed by atoms with Crippen LogP contribution in [0.5, 0.6) is 0 Å². The second-order valence-electron chi connectivity index (χ2n) is 6.39. The average Bonchev–Trinajstić information content (AvgIpc) is 2.54. The molecule has 1 aromatic carbocycles. The van der Waals surface area contributed by atoms with E-state index >= 15 is 0 Å². The van der Waals surface area contributed by atoms with Gasteiger partial charge >= 0.3 is 12.0 Å². The smallest absolute Gasteiger partial charge is 0.323 e. The van der Waals surface area contributed by atoms with Crippen molar-refractivity contribution in [3.63, 3.8) is 0 Å². The number of aliphatic carboxylic acids is 1. The normalized spacial score (nSPS) is 10.4. The number of rotatable bonds is 9. The zero-order valence-corrected chi connectivity index (χ0v) is 15.1. The van der Waals surface area contributed by atoms with Gasteiger partial charge in [0.05, 0.1) is 0 Å². The Morgan fingerprint density at radius 1 is 1.16 bits per heavy atom. The van der Waals surface area contributed by atoms with E-state index in [-0.39, 0.29) is 37.4 Å². The van der Waals surface area contributed by atoms with Crippen LogP contribution >= 0.6 is 0 Å². The maximum atomic E-state index is 12.2. The Kier molecular flexibility index (Phi) is 8.46. The van der Waals surface area contributed by atoms with E-state index in [0.29, 0.717) is 13.1 Å². The van der Waals surface area contributed by atoms with Crippen molar-refractivity contribution in [2.24, 2.45) is 5.92 Å². The molecule has 0 aliphatic carbocycles. The van der Waals surface area contributed by atoms with Crippen molar-refractivity contribution in [1.29, 1.82) is 0 Å². The first-order valence-electron chi connectivity index (χ1n) is 8.32. The molecule has 0 aromatic heterocycles. The molecule has 0 bridgehead atoms. The van der Waals surface area contributed by atoms with Gasteiger partial charge in [0.25, 0.3) is 0 Å². The molecule has 7 heteroatoms. The Hall–Kier alpha value is -2.57. The van der Waals surface area contributed by atoms with Gasteiger partial charge in [-0.05, 0) is 11.5 Å². The van der Waals surface area contributed by atoms with E-state index in [9.17, 15) is 14.4 Å². The fourth-order valence-corrected chi connectivity index (χ4v) is 2.36. The van der Waals surface area contributed by atoms with Crippen LogP contribution in [0.25, 0.3) is 0 Å². The monoisotopic (exact) mass is 349 g/mol. The van der Waals surface area contributed by atoms with Crippen molar-refractivity contribution < 1.29 is 19.5 Å². The number of nitrogens with zero attached hydrogens (tertiary/aromatic N) is 2. The summed E-state index contributed by atoms with van der Waals surface area (Å²) in [6.07, 6.45) is 0.0743. The molecular formula is C18H27N3O4. The molecule has 0 aliphatic rings. The summed E-state index contributed by atoms with van der Waals surface area (Å²) >= 11 is 0. The van der Waals surface area contributed by atoms with E-state index in [1.807, 2.05) is 44.2 Å². The highest BCUT2D eigenvalue weighted by molar-refractivity contribution is 5.82.